The molecule has 1 aliphatic heterocycles. The van der Waals surface area contributed by atoms with Crippen LogP contribution in [0.2, 0.25) is 0 Å². The number of piperazine rings is 1. The van der Waals surface area contributed by atoms with Crippen molar-refractivity contribution >= 4 is 11.8 Å². The molecule has 1 heterocycles. The van der Waals surface area contributed by atoms with Crippen molar-refractivity contribution in [3.8, 4) is 0 Å². The summed E-state index contributed by atoms with van der Waals surface area (Å²) in [6.45, 7) is 7.16. The maximum absolute atomic E-state index is 12.3. The summed E-state index contributed by atoms with van der Waals surface area (Å²) in [4.78, 5) is 26.2. The third-order valence-electron chi connectivity index (χ3n) is 4.04. The van der Waals surface area contributed by atoms with Crippen LogP contribution in [0.1, 0.15) is 33.6 Å². The lowest BCUT2D eigenvalue weighted by Gasteiger charge is -2.46. The van der Waals surface area contributed by atoms with Gasteiger partial charge in [0, 0.05) is 13.2 Å². The number of hydrogen-bond donors (Lipinski definition) is 1. The van der Waals surface area contributed by atoms with Gasteiger partial charge in [0.05, 0.1) is 6.61 Å². The van der Waals surface area contributed by atoms with Gasteiger partial charge in [0.2, 0.25) is 11.8 Å². The maximum Gasteiger partial charge on any atom is 0.246 e. The number of ether oxygens (including phenoxy) is 1. The molecule has 2 fully saturated rings. The lowest BCUT2D eigenvalue weighted by atomic mass is 9.88. The van der Waals surface area contributed by atoms with Crippen molar-refractivity contribution in [2.24, 2.45) is 5.92 Å². The first-order valence-corrected chi connectivity index (χ1v) is 6.72. The molecule has 2 aliphatic rings. The van der Waals surface area contributed by atoms with E-state index in [1.54, 1.807) is 11.8 Å². The molecule has 5 heteroatoms. The Morgan fingerprint density at radius 2 is 2.11 bits per heavy atom. The second-order valence-corrected chi connectivity index (χ2v) is 5.30. The van der Waals surface area contributed by atoms with Crippen molar-refractivity contribution < 1.29 is 14.3 Å². The number of rotatable bonds is 5. The quantitative estimate of drug-likeness (QED) is 0.728. The zero-order chi connectivity index (χ0) is 13.3. The molecule has 5 nitrogen and oxygen atoms in total. The number of nitrogens with one attached hydrogen (secondary N) is 1. The van der Waals surface area contributed by atoms with Crippen LogP contribution < -0.4 is 5.32 Å². The van der Waals surface area contributed by atoms with Crippen LogP contribution in [0.15, 0.2) is 0 Å². The predicted octanol–water partition coefficient (Wildman–Crippen LogP) is 0.538. The highest BCUT2D eigenvalue weighted by Crippen LogP contribution is 2.44. The lowest BCUT2D eigenvalue weighted by molar-refractivity contribution is -0.158. The van der Waals surface area contributed by atoms with Crippen LogP contribution in [-0.4, -0.2) is 48.1 Å². The molecular formula is C13H22N2O3. The van der Waals surface area contributed by atoms with Gasteiger partial charge in [-0.1, -0.05) is 0 Å². The second-order valence-electron chi connectivity index (χ2n) is 5.30. The smallest absolute Gasteiger partial charge is 0.246 e. The van der Waals surface area contributed by atoms with Crippen LogP contribution in [0.4, 0.5) is 0 Å². The summed E-state index contributed by atoms with van der Waals surface area (Å²) in [5.74, 6) is 0.285. The number of carbonyl (C=O) groups excluding carboxylic acids is 2. The highest BCUT2D eigenvalue weighted by atomic mass is 16.5. The standard InChI is InChI=1S/C13H22N2O3/c1-4-18-8-7-15-11(16)9(2)14-12(17)13(15,3)10-5-6-10/h9-10H,4-8H2,1-3H3,(H,14,17). The molecule has 0 spiro atoms. The summed E-state index contributed by atoms with van der Waals surface area (Å²) in [6.07, 6.45) is 2.05. The molecule has 0 aromatic carbocycles. The molecule has 1 saturated heterocycles. The molecule has 2 rings (SSSR count). The van der Waals surface area contributed by atoms with Crippen LogP contribution in [0.5, 0.6) is 0 Å². The van der Waals surface area contributed by atoms with Gasteiger partial charge in [0.25, 0.3) is 0 Å². The number of carbonyl (C=O) groups is 2. The van der Waals surface area contributed by atoms with Crippen molar-refractivity contribution in [3.05, 3.63) is 0 Å². The van der Waals surface area contributed by atoms with Gasteiger partial charge in [-0.3, -0.25) is 9.59 Å². The monoisotopic (exact) mass is 254 g/mol. The van der Waals surface area contributed by atoms with E-state index in [2.05, 4.69) is 5.32 Å². The molecule has 0 aromatic rings. The summed E-state index contributed by atoms with van der Waals surface area (Å²) in [7, 11) is 0. The Hall–Kier alpha value is -1.10. The van der Waals surface area contributed by atoms with E-state index in [1.807, 2.05) is 13.8 Å². The predicted molar refractivity (Wildman–Crippen MR) is 66.9 cm³/mol. The highest BCUT2D eigenvalue weighted by Gasteiger charge is 2.56. The molecule has 0 bridgehead atoms. The Morgan fingerprint density at radius 3 is 2.67 bits per heavy atom. The van der Waals surface area contributed by atoms with Gasteiger partial charge < -0.3 is 15.0 Å². The fraction of sp³-hybridized carbons (Fsp3) is 0.846. The summed E-state index contributed by atoms with van der Waals surface area (Å²) >= 11 is 0. The summed E-state index contributed by atoms with van der Waals surface area (Å²) in [6, 6.07) is -0.425. The number of amides is 2. The zero-order valence-corrected chi connectivity index (χ0v) is 11.4. The maximum atomic E-state index is 12.3. The summed E-state index contributed by atoms with van der Waals surface area (Å²) < 4.78 is 5.32. The normalized spacial score (nSPS) is 32.6. The van der Waals surface area contributed by atoms with Gasteiger partial charge in [0.1, 0.15) is 11.6 Å². The van der Waals surface area contributed by atoms with Gasteiger partial charge in [-0.05, 0) is 39.5 Å². The minimum Gasteiger partial charge on any atom is -0.380 e. The Labute approximate surface area is 108 Å². The first-order chi connectivity index (χ1) is 8.51. The molecule has 1 N–H and O–H groups in total. The van der Waals surface area contributed by atoms with Gasteiger partial charge in [-0.15, -0.1) is 0 Å². The topological polar surface area (TPSA) is 58.6 Å². The van der Waals surface area contributed by atoms with Crippen LogP contribution >= 0.6 is 0 Å². The number of nitrogens with zero attached hydrogens (tertiary/aromatic N) is 1. The first-order valence-electron chi connectivity index (χ1n) is 6.72. The third-order valence-corrected chi connectivity index (χ3v) is 4.04. The van der Waals surface area contributed by atoms with E-state index in [1.165, 1.54) is 0 Å². The van der Waals surface area contributed by atoms with E-state index >= 15 is 0 Å². The van der Waals surface area contributed by atoms with Crippen LogP contribution in [0.25, 0.3) is 0 Å². The SMILES string of the molecule is CCOCCN1C(=O)C(C)NC(=O)C1(C)C1CC1. The molecule has 0 aromatic heterocycles. The van der Waals surface area contributed by atoms with E-state index in [4.69, 9.17) is 4.74 Å². The van der Waals surface area contributed by atoms with Crippen LogP contribution in [-0.2, 0) is 14.3 Å². The molecule has 0 radical (unpaired) electrons. The average Bonchev–Trinajstić information content (AvgIpc) is 3.15. The summed E-state index contributed by atoms with van der Waals surface area (Å²) in [5, 5.41) is 2.79. The number of hydrogen-bond acceptors (Lipinski definition) is 3. The Morgan fingerprint density at radius 1 is 1.44 bits per heavy atom. The average molecular weight is 254 g/mol. The Kier molecular flexibility index (Phi) is 3.61. The largest absolute Gasteiger partial charge is 0.380 e. The van der Waals surface area contributed by atoms with Crippen molar-refractivity contribution in [2.75, 3.05) is 19.8 Å². The molecule has 2 atom stereocenters. The lowest BCUT2D eigenvalue weighted by Crippen LogP contribution is -2.70. The van der Waals surface area contributed by atoms with Crippen molar-refractivity contribution in [2.45, 2.75) is 45.2 Å². The molecule has 2 amide bonds. The molecule has 102 valence electrons. The van der Waals surface area contributed by atoms with E-state index in [0.717, 1.165) is 12.8 Å². The van der Waals surface area contributed by atoms with E-state index in [-0.39, 0.29) is 11.8 Å². The van der Waals surface area contributed by atoms with Crippen LogP contribution in [0.3, 0.4) is 0 Å². The summed E-state index contributed by atoms with van der Waals surface area (Å²) in [5.41, 5.74) is -0.680. The van der Waals surface area contributed by atoms with E-state index in [0.29, 0.717) is 25.7 Å². The highest BCUT2D eigenvalue weighted by molar-refractivity contribution is 5.99. The molecule has 1 saturated carbocycles. The Balaban J connectivity index is 2.16. The van der Waals surface area contributed by atoms with Crippen molar-refractivity contribution in [3.63, 3.8) is 0 Å². The molecular weight excluding hydrogens is 232 g/mol. The van der Waals surface area contributed by atoms with E-state index < -0.39 is 11.6 Å². The first kappa shape index (κ1) is 13.3. The van der Waals surface area contributed by atoms with Crippen molar-refractivity contribution in [1.82, 2.24) is 10.2 Å². The molecule has 18 heavy (non-hydrogen) atoms. The van der Waals surface area contributed by atoms with Gasteiger partial charge in [0.15, 0.2) is 0 Å². The minimum absolute atomic E-state index is 0.00343. The molecule has 1 aliphatic carbocycles. The van der Waals surface area contributed by atoms with Crippen LogP contribution in [0, 0.1) is 5.92 Å². The minimum atomic E-state index is -0.680. The fourth-order valence-corrected chi connectivity index (χ4v) is 2.68. The zero-order valence-electron chi connectivity index (χ0n) is 11.4. The van der Waals surface area contributed by atoms with E-state index in [9.17, 15) is 9.59 Å². The Bertz CT molecular complexity index is 354. The third kappa shape index (κ3) is 2.11. The second kappa shape index (κ2) is 4.88. The van der Waals surface area contributed by atoms with Gasteiger partial charge >= 0.3 is 0 Å². The van der Waals surface area contributed by atoms with Gasteiger partial charge in [-0.25, -0.2) is 0 Å². The van der Waals surface area contributed by atoms with Crippen molar-refractivity contribution in [1.29, 1.82) is 0 Å². The van der Waals surface area contributed by atoms with Gasteiger partial charge in [-0.2, -0.15) is 0 Å². The molecule has 2 unspecified atom stereocenters. The fourth-order valence-electron chi connectivity index (χ4n) is 2.68.